The van der Waals surface area contributed by atoms with Crippen LogP contribution in [-0.2, 0) is 6.54 Å². The maximum Gasteiger partial charge on any atom is 0.315 e. The molecule has 1 saturated heterocycles. The topological polar surface area (TPSA) is 77.5 Å². The van der Waals surface area contributed by atoms with Gasteiger partial charge < -0.3 is 15.7 Å². The van der Waals surface area contributed by atoms with E-state index in [1.165, 1.54) is 6.42 Å². The van der Waals surface area contributed by atoms with E-state index in [4.69, 9.17) is 0 Å². The van der Waals surface area contributed by atoms with E-state index in [0.29, 0.717) is 12.6 Å². The van der Waals surface area contributed by atoms with Gasteiger partial charge >= 0.3 is 6.03 Å². The van der Waals surface area contributed by atoms with Crippen LogP contribution >= 0.6 is 0 Å². The first-order valence-electron chi connectivity index (χ1n) is 9.51. The first kappa shape index (κ1) is 18.1. The summed E-state index contributed by atoms with van der Waals surface area (Å²) in [6.07, 6.45) is 6.10. The van der Waals surface area contributed by atoms with E-state index in [2.05, 4.69) is 20.5 Å². The van der Waals surface area contributed by atoms with Gasteiger partial charge in [0.25, 0.3) is 0 Å². The number of hydrogen-bond acceptors (Lipinski definition) is 4. The molecule has 1 aromatic rings. The highest BCUT2D eigenvalue weighted by molar-refractivity contribution is 5.74. The third-order valence-corrected chi connectivity index (χ3v) is 5.40. The molecule has 25 heavy (non-hydrogen) atoms. The number of likely N-dealkylation sites (tertiary alicyclic amines) is 1. The van der Waals surface area contributed by atoms with Gasteiger partial charge in [0.05, 0.1) is 18.3 Å². The van der Waals surface area contributed by atoms with E-state index < -0.39 is 0 Å². The summed E-state index contributed by atoms with van der Waals surface area (Å²) in [4.78, 5) is 18.9. The van der Waals surface area contributed by atoms with Crippen molar-refractivity contribution >= 4 is 6.03 Å². The highest BCUT2D eigenvalue weighted by Crippen LogP contribution is 2.25. The molecule has 2 fully saturated rings. The number of hydrogen-bond donors (Lipinski definition) is 3. The van der Waals surface area contributed by atoms with Crippen molar-refractivity contribution in [2.45, 2.75) is 70.2 Å². The smallest absolute Gasteiger partial charge is 0.315 e. The minimum absolute atomic E-state index is 0.126. The Morgan fingerprint density at radius 2 is 2.00 bits per heavy atom. The minimum atomic E-state index is -0.177. The summed E-state index contributed by atoms with van der Waals surface area (Å²) in [5.41, 5.74) is 1.83. The SMILES string of the molecule is Cc1cccc(CNC(=O)NC2CCN(C3CCCCC3O)CC2)n1. The van der Waals surface area contributed by atoms with Gasteiger partial charge in [0.15, 0.2) is 0 Å². The van der Waals surface area contributed by atoms with Gasteiger partial charge in [-0.1, -0.05) is 18.9 Å². The summed E-state index contributed by atoms with van der Waals surface area (Å²) in [6.45, 7) is 4.29. The number of rotatable bonds is 4. The normalized spacial score (nSPS) is 25.5. The van der Waals surface area contributed by atoms with Crippen molar-refractivity contribution in [1.82, 2.24) is 20.5 Å². The Morgan fingerprint density at radius 3 is 2.72 bits per heavy atom. The van der Waals surface area contributed by atoms with Crippen molar-refractivity contribution in [2.24, 2.45) is 0 Å². The van der Waals surface area contributed by atoms with Crippen LogP contribution in [0.4, 0.5) is 4.79 Å². The Morgan fingerprint density at radius 1 is 1.24 bits per heavy atom. The first-order valence-corrected chi connectivity index (χ1v) is 9.51. The molecule has 2 aliphatic rings. The predicted molar refractivity (Wildman–Crippen MR) is 97.2 cm³/mol. The zero-order chi connectivity index (χ0) is 17.6. The predicted octanol–water partition coefficient (Wildman–Crippen LogP) is 1.96. The molecule has 1 aliphatic carbocycles. The van der Waals surface area contributed by atoms with E-state index in [9.17, 15) is 9.90 Å². The zero-order valence-electron chi connectivity index (χ0n) is 15.1. The third-order valence-electron chi connectivity index (χ3n) is 5.40. The molecule has 6 nitrogen and oxygen atoms in total. The molecule has 1 aromatic heterocycles. The molecule has 2 atom stereocenters. The van der Waals surface area contributed by atoms with Crippen LogP contribution in [0.25, 0.3) is 0 Å². The van der Waals surface area contributed by atoms with Crippen LogP contribution < -0.4 is 10.6 Å². The van der Waals surface area contributed by atoms with Crippen molar-refractivity contribution in [3.63, 3.8) is 0 Å². The Kier molecular flexibility index (Phi) is 6.26. The summed E-state index contributed by atoms with van der Waals surface area (Å²) in [5.74, 6) is 0. The Hall–Kier alpha value is -1.66. The molecule has 2 amide bonds. The highest BCUT2D eigenvalue weighted by Gasteiger charge is 2.31. The molecule has 1 aliphatic heterocycles. The molecule has 0 spiro atoms. The molecule has 1 saturated carbocycles. The van der Waals surface area contributed by atoms with E-state index in [-0.39, 0.29) is 18.2 Å². The second kappa shape index (κ2) is 8.63. The monoisotopic (exact) mass is 346 g/mol. The quantitative estimate of drug-likeness (QED) is 0.779. The number of nitrogens with zero attached hydrogens (tertiary/aromatic N) is 2. The van der Waals surface area contributed by atoms with E-state index >= 15 is 0 Å². The van der Waals surface area contributed by atoms with Gasteiger partial charge in [0.2, 0.25) is 0 Å². The number of aliphatic hydroxyl groups is 1. The summed E-state index contributed by atoms with van der Waals surface area (Å²) < 4.78 is 0. The van der Waals surface area contributed by atoms with Crippen molar-refractivity contribution in [3.8, 4) is 0 Å². The average molecular weight is 346 g/mol. The lowest BCUT2D eigenvalue weighted by Crippen LogP contribution is -2.53. The number of pyridine rings is 1. The number of carbonyl (C=O) groups is 1. The van der Waals surface area contributed by atoms with Crippen molar-refractivity contribution in [3.05, 3.63) is 29.6 Å². The highest BCUT2D eigenvalue weighted by atomic mass is 16.3. The fourth-order valence-electron chi connectivity index (χ4n) is 4.00. The maximum atomic E-state index is 12.1. The molecular weight excluding hydrogens is 316 g/mol. The lowest BCUT2D eigenvalue weighted by molar-refractivity contribution is 0.00777. The van der Waals surface area contributed by atoms with E-state index in [1.807, 2.05) is 25.1 Å². The third kappa shape index (κ3) is 5.16. The van der Waals surface area contributed by atoms with Crippen LogP contribution in [0, 0.1) is 6.92 Å². The number of piperidine rings is 1. The summed E-state index contributed by atoms with van der Waals surface area (Å²) >= 11 is 0. The molecule has 2 unspecified atom stereocenters. The van der Waals surface area contributed by atoms with Crippen LogP contribution in [0.2, 0.25) is 0 Å². The van der Waals surface area contributed by atoms with Gasteiger partial charge in [-0.2, -0.15) is 0 Å². The number of carbonyl (C=O) groups excluding carboxylic acids is 1. The van der Waals surface area contributed by atoms with Crippen LogP contribution in [0.5, 0.6) is 0 Å². The molecule has 0 aromatic carbocycles. The van der Waals surface area contributed by atoms with E-state index in [1.54, 1.807) is 0 Å². The standard InChI is InChI=1S/C19H30N4O2/c1-14-5-4-6-16(21-14)13-20-19(25)22-15-9-11-23(12-10-15)17-7-2-3-8-18(17)24/h4-6,15,17-18,24H,2-3,7-13H2,1H3,(H2,20,22,25). The summed E-state index contributed by atoms with van der Waals surface area (Å²) in [6, 6.07) is 6.21. The van der Waals surface area contributed by atoms with Gasteiger partial charge in [0, 0.05) is 30.9 Å². The van der Waals surface area contributed by atoms with Crippen molar-refractivity contribution in [1.29, 1.82) is 0 Å². The van der Waals surface area contributed by atoms with Crippen molar-refractivity contribution < 1.29 is 9.90 Å². The maximum absolute atomic E-state index is 12.1. The molecular formula is C19H30N4O2. The van der Waals surface area contributed by atoms with Crippen LogP contribution in [0.1, 0.15) is 49.9 Å². The van der Waals surface area contributed by atoms with Crippen LogP contribution in [0.3, 0.4) is 0 Å². The molecule has 6 heteroatoms. The first-order chi connectivity index (χ1) is 12.1. The van der Waals surface area contributed by atoms with Gasteiger partial charge in [-0.3, -0.25) is 9.88 Å². The van der Waals surface area contributed by atoms with E-state index in [0.717, 1.165) is 56.6 Å². The second-order valence-corrected chi connectivity index (χ2v) is 7.33. The van der Waals surface area contributed by atoms with Gasteiger partial charge in [-0.15, -0.1) is 0 Å². The second-order valence-electron chi connectivity index (χ2n) is 7.33. The lowest BCUT2D eigenvalue weighted by atomic mass is 9.89. The van der Waals surface area contributed by atoms with Crippen LogP contribution in [0.15, 0.2) is 18.2 Å². The molecule has 0 bridgehead atoms. The van der Waals surface area contributed by atoms with Crippen LogP contribution in [-0.4, -0.2) is 52.3 Å². The van der Waals surface area contributed by atoms with Crippen molar-refractivity contribution in [2.75, 3.05) is 13.1 Å². The van der Waals surface area contributed by atoms with Gasteiger partial charge in [0.1, 0.15) is 0 Å². The minimum Gasteiger partial charge on any atom is -0.391 e. The molecule has 3 rings (SSSR count). The number of nitrogens with one attached hydrogen (secondary N) is 2. The molecule has 0 radical (unpaired) electrons. The number of aromatic nitrogens is 1. The molecule has 3 N–H and O–H groups in total. The molecule has 2 heterocycles. The number of urea groups is 1. The van der Waals surface area contributed by atoms with Gasteiger partial charge in [-0.05, 0) is 44.7 Å². The Labute approximate surface area is 150 Å². The summed E-state index contributed by atoms with van der Waals surface area (Å²) in [5, 5.41) is 16.2. The lowest BCUT2D eigenvalue weighted by Gasteiger charge is -2.41. The summed E-state index contributed by atoms with van der Waals surface area (Å²) in [7, 11) is 0. The number of aryl methyl sites for hydroxylation is 1. The fraction of sp³-hybridized carbons (Fsp3) is 0.684. The molecule has 138 valence electrons. The average Bonchev–Trinajstić information content (AvgIpc) is 2.61. The largest absolute Gasteiger partial charge is 0.391 e. The van der Waals surface area contributed by atoms with Gasteiger partial charge in [-0.25, -0.2) is 4.79 Å². The number of amides is 2. The Bertz CT molecular complexity index is 572. The zero-order valence-corrected chi connectivity index (χ0v) is 15.1. The number of aliphatic hydroxyl groups excluding tert-OH is 1. The Balaban J connectivity index is 1.39. The fourth-order valence-corrected chi connectivity index (χ4v) is 4.00.